The highest BCUT2D eigenvalue weighted by atomic mass is 35.5. The van der Waals surface area contributed by atoms with Crippen molar-refractivity contribution in [3.8, 4) is 0 Å². The molecule has 2 atom stereocenters. The van der Waals surface area contributed by atoms with Crippen LogP contribution in [0.1, 0.15) is 24.8 Å². The predicted molar refractivity (Wildman–Crippen MR) is 80.8 cm³/mol. The van der Waals surface area contributed by atoms with E-state index >= 15 is 0 Å². The van der Waals surface area contributed by atoms with Crippen LogP contribution in [0.25, 0.3) is 0 Å². The first kappa shape index (κ1) is 13.7. The summed E-state index contributed by atoms with van der Waals surface area (Å²) in [6, 6.07) is 6.28. The maximum atomic E-state index is 11.5. The molecule has 0 aromatic heterocycles. The summed E-state index contributed by atoms with van der Waals surface area (Å²) in [7, 11) is 0. The Morgan fingerprint density at radius 1 is 1.40 bits per heavy atom. The van der Waals surface area contributed by atoms with Gasteiger partial charge in [-0.15, -0.1) is 0 Å². The molecule has 2 saturated heterocycles. The van der Waals surface area contributed by atoms with Crippen LogP contribution in [0.2, 0.25) is 5.02 Å². The number of nitrogens with zero attached hydrogens (tertiary/aromatic N) is 1. The van der Waals surface area contributed by atoms with Crippen molar-refractivity contribution in [1.29, 1.82) is 0 Å². The van der Waals surface area contributed by atoms with Crippen molar-refractivity contribution in [1.82, 2.24) is 5.32 Å². The van der Waals surface area contributed by atoms with E-state index in [1.165, 1.54) is 5.69 Å². The number of piperidine rings is 2. The first-order valence-electron chi connectivity index (χ1n) is 7.20. The van der Waals surface area contributed by atoms with Gasteiger partial charge in [0.2, 0.25) is 5.91 Å². The summed E-state index contributed by atoms with van der Waals surface area (Å²) in [5.41, 5.74) is 8.11. The highest BCUT2D eigenvalue weighted by Crippen LogP contribution is 2.31. The Bertz CT molecular complexity index is 520. The lowest BCUT2D eigenvalue weighted by Gasteiger charge is -2.43. The molecular formula is C15H20ClN3O. The van der Waals surface area contributed by atoms with E-state index in [-0.39, 0.29) is 5.91 Å². The van der Waals surface area contributed by atoms with E-state index in [9.17, 15) is 4.79 Å². The Balaban J connectivity index is 1.78. The third-order valence-corrected chi connectivity index (χ3v) is 4.66. The molecule has 0 bridgehead atoms. The molecule has 5 heteroatoms. The zero-order chi connectivity index (χ0) is 14.1. The highest BCUT2D eigenvalue weighted by Gasteiger charge is 2.34. The molecule has 3 rings (SSSR count). The fraction of sp³-hybridized carbons (Fsp3) is 0.533. The van der Waals surface area contributed by atoms with Gasteiger partial charge in [-0.3, -0.25) is 4.79 Å². The molecule has 2 heterocycles. The van der Waals surface area contributed by atoms with Gasteiger partial charge in [-0.25, -0.2) is 0 Å². The molecule has 1 aromatic carbocycles. The molecule has 2 unspecified atom stereocenters. The fourth-order valence-electron chi connectivity index (χ4n) is 3.36. The fourth-order valence-corrected chi connectivity index (χ4v) is 3.55. The standard InChI is InChI=1S/C15H20ClN3O/c16-12-2-3-14(11(7-12)8-17)19-6-5-13-10(9-19)1-4-15(20)18-13/h2-3,7,10,13H,1,4-6,8-9,17H2,(H,18,20). The molecular weight excluding hydrogens is 274 g/mol. The monoisotopic (exact) mass is 293 g/mol. The van der Waals surface area contributed by atoms with Crippen LogP contribution in [0.5, 0.6) is 0 Å². The number of carbonyl (C=O) groups is 1. The summed E-state index contributed by atoms with van der Waals surface area (Å²) in [6.07, 6.45) is 2.64. The summed E-state index contributed by atoms with van der Waals surface area (Å²) in [6.45, 7) is 2.44. The maximum absolute atomic E-state index is 11.5. The Morgan fingerprint density at radius 2 is 2.25 bits per heavy atom. The second kappa shape index (κ2) is 5.62. The Kier molecular flexibility index (Phi) is 3.85. The second-order valence-corrected chi connectivity index (χ2v) is 6.12. The van der Waals surface area contributed by atoms with E-state index in [2.05, 4.69) is 16.3 Å². The minimum atomic E-state index is 0.203. The molecule has 20 heavy (non-hydrogen) atoms. The Labute approximate surface area is 124 Å². The van der Waals surface area contributed by atoms with E-state index in [4.69, 9.17) is 17.3 Å². The molecule has 0 radical (unpaired) electrons. The first-order valence-corrected chi connectivity index (χ1v) is 7.58. The maximum Gasteiger partial charge on any atom is 0.220 e. The quantitative estimate of drug-likeness (QED) is 0.876. The lowest BCUT2D eigenvalue weighted by molar-refractivity contribution is -0.124. The number of nitrogens with one attached hydrogen (secondary N) is 1. The van der Waals surface area contributed by atoms with Gasteiger partial charge in [0.1, 0.15) is 0 Å². The van der Waals surface area contributed by atoms with E-state index < -0.39 is 0 Å². The molecule has 108 valence electrons. The second-order valence-electron chi connectivity index (χ2n) is 5.68. The van der Waals surface area contributed by atoms with Gasteiger partial charge in [0.15, 0.2) is 0 Å². The van der Waals surface area contributed by atoms with Crippen molar-refractivity contribution < 1.29 is 4.79 Å². The molecule has 0 saturated carbocycles. The normalized spacial score (nSPS) is 26.1. The SMILES string of the molecule is NCc1cc(Cl)ccc1N1CCC2NC(=O)CCC2C1. The van der Waals surface area contributed by atoms with Crippen LogP contribution in [0, 0.1) is 5.92 Å². The molecule has 1 amide bonds. The molecule has 2 fully saturated rings. The van der Waals surface area contributed by atoms with Gasteiger partial charge in [-0.2, -0.15) is 0 Å². The smallest absolute Gasteiger partial charge is 0.220 e. The first-order chi connectivity index (χ1) is 9.67. The highest BCUT2D eigenvalue weighted by molar-refractivity contribution is 6.30. The molecule has 0 spiro atoms. The van der Waals surface area contributed by atoms with Crippen molar-refractivity contribution in [3.63, 3.8) is 0 Å². The molecule has 2 aliphatic rings. The van der Waals surface area contributed by atoms with E-state index in [1.807, 2.05) is 12.1 Å². The zero-order valence-corrected chi connectivity index (χ0v) is 12.2. The van der Waals surface area contributed by atoms with E-state index in [1.54, 1.807) is 0 Å². The van der Waals surface area contributed by atoms with Crippen LogP contribution in [0.15, 0.2) is 18.2 Å². The largest absolute Gasteiger partial charge is 0.371 e. The number of benzene rings is 1. The van der Waals surface area contributed by atoms with Crippen molar-refractivity contribution >= 4 is 23.2 Å². The van der Waals surface area contributed by atoms with Gasteiger partial charge < -0.3 is 16.0 Å². The number of amides is 1. The third-order valence-electron chi connectivity index (χ3n) is 4.42. The summed E-state index contributed by atoms with van der Waals surface area (Å²) < 4.78 is 0. The van der Waals surface area contributed by atoms with Crippen molar-refractivity contribution in [2.75, 3.05) is 18.0 Å². The molecule has 1 aromatic rings. The summed E-state index contributed by atoms with van der Waals surface area (Å²) in [4.78, 5) is 13.8. The molecule has 0 aliphatic carbocycles. The van der Waals surface area contributed by atoms with Crippen LogP contribution in [-0.4, -0.2) is 25.0 Å². The van der Waals surface area contributed by atoms with Gasteiger partial charge in [-0.1, -0.05) is 11.6 Å². The summed E-state index contributed by atoms with van der Waals surface area (Å²) >= 11 is 6.04. The Hall–Kier alpha value is -1.26. The van der Waals surface area contributed by atoms with Gasteiger partial charge >= 0.3 is 0 Å². The number of carbonyl (C=O) groups excluding carboxylic acids is 1. The lowest BCUT2D eigenvalue weighted by Crippen LogP contribution is -2.54. The van der Waals surface area contributed by atoms with Gasteiger partial charge in [0.25, 0.3) is 0 Å². The topological polar surface area (TPSA) is 58.4 Å². The lowest BCUT2D eigenvalue weighted by atomic mass is 9.85. The number of rotatable bonds is 2. The van der Waals surface area contributed by atoms with Crippen LogP contribution in [-0.2, 0) is 11.3 Å². The number of halogens is 1. The minimum Gasteiger partial charge on any atom is -0.371 e. The average molecular weight is 294 g/mol. The average Bonchev–Trinajstić information content (AvgIpc) is 2.46. The summed E-state index contributed by atoms with van der Waals surface area (Å²) in [5, 5.41) is 3.85. The number of nitrogens with two attached hydrogens (primary N) is 1. The number of anilines is 1. The van der Waals surface area contributed by atoms with Gasteiger partial charge in [0, 0.05) is 42.8 Å². The number of fused-ring (bicyclic) bond motifs is 1. The van der Waals surface area contributed by atoms with Crippen molar-refractivity contribution in [2.45, 2.75) is 31.8 Å². The van der Waals surface area contributed by atoms with Crippen LogP contribution < -0.4 is 16.0 Å². The molecule has 4 nitrogen and oxygen atoms in total. The van der Waals surface area contributed by atoms with Gasteiger partial charge in [-0.05, 0) is 42.5 Å². The predicted octanol–water partition coefficient (Wildman–Crippen LogP) is 1.90. The van der Waals surface area contributed by atoms with Crippen LogP contribution in [0.4, 0.5) is 5.69 Å². The Morgan fingerprint density at radius 3 is 3.05 bits per heavy atom. The zero-order valence-electron chi connectivity index (χ0n) is 11.4. The van der Waals surface area contributed by atoms with Gasteiger partial charge in [0.05, 0.1) is 0 Å². The third kappa shape index (κ3) is 2.63. The van der Waals surface area contributed by atoms with Crippen LogP contribution >= 0.6 is 11.6 Å². The summed E-state index contributed by atoms with van der Waals surface area (Å²) in [5.74, 6) is 0.747. The van der Waals surface area contributed by atoms with E-state index in [0.717, 1.165) is 36.5 Å². The van der Waals surface area contributed by atoms with Crippen molar-refractivity contribution in [3.05, 3.63) is 28.8 Å². The number of hydrogen-bond acceptors (Lipinski definition) is 3. The number of hydrogen-bond donors (Lipinski definition) is 2. The molecule has 2 aliphatic heterocycles. The van der Waals surface area contributed by atoms with Crippen molar-refractivity contribution in [2.24, 2.45) is 11.7 Å². The van der Waals surface area contributed by atoms with E-state index in [0.29, 0.717) is 24.9 Å². The van der Waals surface area contributed by atoms with Crippen LogP contribution in [0.3, 0.4) is 0 Å². The minimum absolute atomic E-state index is 0.203. The molecule has 3 N–H and O–H groups in total.